The molecule has 0 saturated heterocycles. The minimum Gasteiger partial charge on any atom is -0.492 e. The summed E-state index contributed by atoms with van der Waals surface area (Å²) >= 11 is 1.58. The van der Waals surface area contributed by atoms with Crippen LogP contribution in [-0.4, -0.2) is 31.5 Å². The van der Waals surface area contributed by atoms with E-state index < -0.39 is 18.1 Å². The molecule has 0 saturated carbocycles. The smallest absolute Gasteiger partial charge is 0.492 e. The quantitative estimate of drug-likeness (QED) is 0.448. The molecule has 19 heavy (non-hydrogen) atoms. The van der Waals surface area contributed by atoms with Crippen molar-refractivity contribution >= 4 is 28.6 Å². The molecule has 1 aromatic rings. The van der Waals surface area contributed by atoms with Gasteiger partial charge in [0.25, 0.3) is 0 Å². The Bertz CT molecular complexity index is 479. The van der Waals surface area contributed by atoms with E-state index in [0.717, 1.165) is 0 Å². The average molecular weight is 391 g/mol. The Hall–Kier alpha value is -1.26. The van der Waals surface area contributed by atoms with Gasteiger partial charge in [0.15, 0.2) is 5.75 Å². The monoisotopic (exact) mass is 391 g/mol. The number of alkyl halides is 3. The Labute approximate surface area is 120 Å². The zero-order chi connectivity index (χ0) is 14.6. The second-order valence-electron chi connectivity index (χ2n) is 3.24. The first kappa shape index (κ1) is 15.8. The standard InChI is InChI=1S/C10H9F3INO4/c1-17-6(16)3-5-4-15-9(14)8(7(5)18-2)19-10(11,12)13/h4H,3H2,1-2H3. The van der Waals surface area contributed by atoms with E-state index in [2.05, 4.69) is 14.5 Å². The highest BCUT2D eigenvalue weighted by Gasteiger charge is 2.34. The Morgan fingerprint density at radius 2 is 2.00 bits per heavy atom. The molecule has 0 bridgehead atoms. The summed E-state index contributed by atoms with van der Waals surface area (Å²) in [5, 5.41) is 0. The molecule has 0 unspecified atom stereocenters. The minimum absolute atomic E-state index is 0.0274. The van der Waals surface area contributed by atoms with Crippen molar-refractivity contribution in [2.24, 2.45) is 0 Å². The maximum Gasteiger partial charge on any atom is 0.573 e. The van der Waals surface area contributed by atoms with Gasteiger partial charge in [-0.25, -0.2) is 4.98 Å². The van der Waals surface area contributed by atoms with Crippen molar-refractivity contribution in [3.8, 4) is 11.5 Å². The number of rotatable bonds is 4. The van der Waals surface area contributed by atoms with Gasteiger partial charge in [0.1, 0.15) is 3.70 Å². The largest absolute Gasteiger partial charge is 0.573 e. The van der Waals surface area contributed by atoms with Crippen molar-refractivity contribution in [3.63, 3.8) is 0 Å². The van der Waals surface area contributed by atoms with Crippen molar-refractivity contribution in [3.05, 3.63) is 15.5 Å². The van der Waals surface area contributed by atoms with Crippen LogP contribution in [0.1, 0.15) is 5.56 Å². The van der Waals surface area contributed by atoms with Gasteiger partial charge in [0.05, 0.1) is 20.6 Å². The second kappa shape index (κ2) is 6.26. The number of hydrogen-bond donors (Lipinski definition) is 0. The average Bonchev–Trinajstić information content (AvgIpc) is 2.31. The fraction of sp³-hybridized carbons (Fsp3) is 0.400. The Kier molecular flexibility index (Phi) is 5.20. The van der Waals surface area contributed by atoms with Gasteiger partial charge in [-0.05, 0) is 22.6 Å². The topological polar surface area (TPSA) is 57.7 Å². The molecule has 0 N–H and O–H groups in total. The van der Waals surface area contributed by atoms with Crippen molar-refractivity contribution in [1.82, 2.24) is 4.98 Å². The zero-order valence-electron chi connectivity index (χ0n) is 9.88. The van der Waals surface area contributed by atoms with Crippen LogP contribution >= 0.6 is 22.6 Å². The number of halogens is 4. The van der Waals surface area contributed by atoms with Gasteiger partial charge in [-0.1, -0.05) is 0 Å². The number of nitrogens with zero attached hydrogens (tertiary/aromatic N) is 1. The Balaban J connectivity index is 3.21. The maximum atomic E-state index is 12.3. The first-order chi connectivity index (χ1) is 8.78. The molecule has 0 amide bonds. The summed E-state index contributed by atoms with van der Waals surface area (Å²) < 4.78 is 50.0. The lowest BCUT2D eigenvalue weighted by molar-refractivity contribution is -0.275. The van der Waals surface area contributed by atoms with Gasteiger partial charge < -0.3 is 14.2 Å². The number of carbonyl (C=O) groups is 1. The van der Waals surface area contributed by atoms with Crippen LogP contribution in [0.15, 0.2) is 6.20 Å². The Morgan fingerprint density at radius 1 is 1.37 bits per heavy atom. The van der Waals surface area contributed by atoms with E-state index in [1.165, 1.54) is 20.4 Å². The molecule has 1 heterocycles. The predicted octanol–water partition coefficient (Wildman–Crippen LogP) is 2.31. The van der Waals surface area contributed by atoms with Gasteiger partial charge in [-0.15, -0.1) is 13.2 Å². The Morgan fingerprint density at radius 3 is 2.47 bits per heavy atom. The van der Waals surface area contributed by atoms with E-state index in [1.807, 2.05) is 0 Å². The summed E-state index contributed by atoms with van der Waals surface area (Å²) in [5.41, 5.74) is 0.147. The fourth-order valence-corrected chi connectivity index (χ4v) is 1.77. The number of pyridine rings is 1. The molecule has 1 rings (SSSR count). The molecule has 0 aliphatic rings. The van der Waals surface area contributed by atoms with Crippen LogP contribution in [0.5, 0.6) is 11.5 Å². The number of hydrogen-bond acceptors (Lipinski definition) is 5. The summed E-state index contributed by atoms with van der Waals surface area (Å²) in [7, 11) is 2.34. The van der Waals surface area contributed by atoms with E-state index in [9.17, 15) is 18.0 Å². The van der Waals surface area contributed by atoms with E-state index in [4.69, 9.17) is 4.74 Å². The van der Waals surface area contributed by atoms with Crippen LogP contribution in [0, 0.1) is 3.70 Å². The molecule has 5 nitrogen and oxygen atoms in total. The highest BCUT2D eigenvalue weighted by atomic mass is 127. The lowest BCUT2D eigenvalue weighted by atomic mass is 10.2. The molecule has 106 valence electrons. The highest BCUT2D eigenvalue weighted by molar-refractivity contribution is 14.1. The molecule has 0 aliphatic heterocycles. The first-order valence-electron chi connectivity index (χ1n) is 4.82. The van der Waals surface area contributed by atoms with Crippen molar-refractivity contribution in [1.29, 1.82) is 0 Å². The normalized spacial score (nSPS) is 11.1. The molecule has 9 heteroatoms. The minimum atomic E-state index is -4.88. The van der Waals surface area contributed by atoms with Gasteiger partial charge >= 0.3 is 12.3 Å². The van der Waals surface area contributed by atoms with Crippen LogP contribution in [0.25, 0.3) is 0 Å². The number of methoxy groups -OCH3 is 2. The van der Waals surface area contributed by atoms with Crippen LogP contribution in [0.2, 0.25) is 0 Å². The van der Waals surface area contributed by atoms with E-state index in [0.29, 0.717) is 0 Å². The third kappa shape index (κ3) is 4.40. The number of esters is 1. The molecule has 0 aliphatic carbocycles. The number of carbonyl (C=O) groups excluding carboxylic acids is 1. The fourth-order valence-electron chi connectivity index (χ4n) is 1.27. The predicted molar refractivity (Wildman–Crippen MR) is 65.9 cm³/mol. The van der Waals surface area contributed by atoms with E-state index >= 15 is 0 Å². The van der Waals surface area contributed by atoms with E-state index in [1.54, 1.807) is 22.6 Å². The molecular formula is C10H9F3INO4. The van der Waals surface area contributed by atoms with Crippen LogP contribution in [0.4, 0.5) is 13.2 Å². The lowest BCUT2D eigenvalue weighted by Gasteiger charge is -2.16. The molecule has 0 atom stereocenters. The maximum absolute atomic E-state index is 12.3. The molecule has 1 aromatic heterocycles. The van der Waals surface area contributed by atoms with Gasteiger partial charge in [0, 0.05) is 11.8 Å². The van der Waals surface area contributed by atoms with Crippen molar-refractivity contribution < 1.29 is 32.2 Å². The van der Waals surface area contributed by atoms with Crippen LogP contribution in [0.3, 0.4) is 0 Å². The third-order valence-electron chi connectivity index (χ3n) is 2.00. The number of aromatic nitrogens is 1. The highest BCUT2D eigenvalue weighted by Crippen LogP contribution is 2.38. The van der Waals surface area contributed by atoms with Gasteiger partial charge in [0.2, 0.25) is 5.75 Å². The summed E-state index contributed by atoms with van der Waals surface area (Å²) in [6.07, 6.45) is -3.91. The summed E-state index contributed by atoms with van der Waals surface area (Å²) in [6.45, 7) is 0. The molecular weight excluding hydrogens is 382 g/mol. The second-order valence-corrected chi connectivity index (χ2v) is 4.26. The number of ether oxygens (including phenoxy) is 3. The zero-order valence-corrected chi connectivity index (χ0v) is 12.0. The molecule has 0 aromatic carbocycles. The summed E-state index contributed by atoms with van der Waals surface area (Å²) in [6, 6.07) is 0. The van der Waals surface area contributed by atoms with Crippen LogP contribution < -0.4 is 9.47 Å². The summed E-state index contributed by atoms with van der Waals surface area (Å²) in [4.78, 5) is 14.9. The van der Waals surface area contributed by atoms with Gasteiger partial charge in [-0.3, -0.25) is 4.79 Å². The molecule has 0 radical (unpaired) electrons. The van der Waals surface area contributed by atoms with Gasteiger partial charge in [-0.2, -0.15) is 0 Å². The first-order valence-corrected chi connectivity index (χ1v) is 5.90. The molecule has 0 fully saturated rings. The van der Waals surface area contributed by atoms with Crippen molar-refractivity contribution in [2.45, 2.75) is 12.8 Å². The third-order valence-corrected chi connectivity index (χ3v) is 2.77. The van der Waals surface area contributed by atoms with E-state index in [-0.39, 0.29) is 21.4 Å². The van der Waals surface area contributed by atoms with Crippen LogP contribution in [-0.2, 0) is 16.0 Å². The summed E-state index contributed by atoms with van der Waals surface area (Å²) in [5.74, 6) is -1.39. The molecule has 0 spiro atoms. The SMILES string of the molecule is COC(=O)Cc1cnc(I)c(OC(F)(F)F)c1OC. The van der Waals surface area contributed by atoms with Crippen molar-refractivity contribution in [2.75, 3.05) is 14.2 Å². The lowest BCUT2D eigenvalue weighted by Crippen LogP contribution is -2.19.